The van der Waals surface area contributed by atoms with Gasteiger partial charge in [0.25, 0.3) is 0 Å². The maximum atomic E-state index is 5.73. The molecule has 0 spiro atoms. The van der Waals surface area contributed by atoms with Crippen molar-refractivity contribution in [3.05, 3.63) is 0 Å². The Bertz CT molecular complexity index is 208. The van der Waals surface area contributed by atoms with Crippen molar-refractivity contribution in [2.75, 3.05) is 26.4 Å². The zero-order valence-electron chi connectivity index (χ0n) is 11.8. The van der Waals surface area contributed by atoms with Crippen molar-refractivity contribution >= 4 is 38.0 Å². The van der Waals surface area contributed by atoms with Crippen LogP contribution in [-0.2, 0) is 25.9 Å². The maximum Gasteiger partial charge on any atom is 1.00 e. The second-order valence-corrected chi connectivity index (χ2v) is 7.11. The van der Waals surface area contributed by atoms with Gasteiger partial charge >= 0.3 is 60.2 Å². The Hall–Kier alpha value is 1.84. The molecule has 0 radical (unpaired) electrons. The average Bonchev–Trinajstić information content (AvgIpc) is 2.25. The van der Waals surface area contributed by atoms with Gasteiger partial charge in [-0.1, -0.05) is 4.32 Å². The van der Waals surface area contributed by atoms with Crippen LogP contribution in [0.15, 0.2) is 0 Å². The Kier molecular flexibility index (Phi) is 17.0. The largest absolute Gasteiger partial charge is 1.00 e. The molecule has 1 N–H and O–H groups in total. The fourth-order valence-corrected chi connectivity index (χ4v) is 4.31. The van der Waals surface area contributed by atoms with Gasteiger partial charge in [0.1, 0.15) is 0 Å². The Balaban J connectivity index is 0. The van der Waals surface area contributed by atoms with E-state index in [0.717, 1.165) is 19.0 Å². The van der Waals surface area contributed by atoms with E-state index in [-0.39, 0.29) is 51.4 Å². The Labute approximate surface area is 165 Å². The summed E-state index contributed by atoms with van der Waals surface area (Å²) in [5.74, 6) is 0. The minimum atomic E-state index is -2.48. The summed E-state index contributed by atoms with van der Waals surface area (Å²) in [6.45, 7) is 8.44. The summed E-state index contributed by atoms with van der Waals surface area (Å²) in [5.41, 5.74) is 0. The number of hydrogen-bond acceptors (Lipinski definition) is 5. The fraction of sp³-hybridized carbons (Fsp3) is 0.900. The molecule has 0 bridgehead atoms. The Morgan fingerprint density at radius 3 is 1.89 bits per heavy atom. The van der Waals surface area contributed by atoms with Crippen molar-refractivity contribution in [2.24, 2.45) is 0 Å². The van der Waals surface area contributed by atoms with Gasteiger partial charge in [0.15, 0.2) is 0 Å². The van der Waals surface area contributed by atoms with Crippen LogP contribution >= 0.6 is 12.2 Å². The smallest absolute Gasteiger partial charge is 0.412 e. The molecule has 0 aromatic heterocycles. The molecule has 0 rings (SSSR count). The van der Waals surface area contributed by atoms with Gasteiger partial charge in [0, 0.05) is 32.4 Å². The molecule has 18 heavy (non-hydrogen) atoms. The molecule has 4 nitrogen and oxygen atoms in total. The third-order valence-corrected chi connectivity index (χ3v) is 5.46. The summed E-state index contributed by atoms with van der Waals surface area (Å²) in [6, 6.07) is 0.785. The average molecular weight is 336 g/mol. The van der Waals surface area contributed by atoms with E-state index in [1.165, 1.54) is 0 Å². The minimum Gasteiger partial charge on any atom is -0.412 e. The van der Waals surface area contributed by atoms with Gasteiger partial charge < -0.3 is 43.4 Å². The predicted octanol–water partition coefficient (Wildman–Crippen LogP) is -1.15. The third kappa shape index (κ3) is 10.6. The van der Waals surface area contributed by atoms with E-state index in [1.807, 2.05) is 20.8 Å². The zero-order valence-corrected chi connectivity index (χ0v) is 17.5. The predicted molar refractivity (Wildman–Crippen MR) is 78.0 cm³/mol. The van der Waals surface area contributed by atoms with Crippen LogP contribution in [0.2, 0.25) is 6.04 Å². The van der Waals surface area contributed by atoms with Crippen molar-refractivity contribution in [1.82, 2.24) is 5.32 Å². The molecule has 0 aromatic carbocycles. The van der Waals surface area contributed by atoms with E-state index in [9.17, 15) is 0 Å². The first-order valence-electron chi connectivity index (χ1n) is 5.97. The standard InChI is InChI=1S/C10H23NO3S2Si.K/c1-4-12-17(13-5-2,14-6-3)9-7-8-11-10(15)16;/h4-9H2,1-3H3,(H2,11,15,16);/q;+1/p-1. The third-order valence-electron chi connectivity index (χ3n) is 2.02. The summed E-state index contributed by atoms with van der Waals surface area (Å²) in [4.78, 5) is 0. The molecule has 0 unspecified atom stereocenters. The first-order chi connectivity index (χ1) is 8.10. The summed E-state index contributed by atoms with van der Waals surface area (Å²) in [5, 5.41) is 2.95. The van der Waals surface area contributed by atoms with Crippen molar-refractivity contribution in [1.29, 1.82) is 0 Å². The van der Waals surface area contributed by atoms with E-state index in [4.69, 9.17) is 38.1 Å². The zero-order chi connectivity index (χ0) is 13.1. The number of thiocarbonyl (C=S) groups is 1. The molecule has 0 aromatic rings. The van der Waals surface area contributed by atoms with Gasteiger partial charge in [-0.05, 0) is 27.2 Å². The van der Waals surface area contributed by atoms with E-state index in [2.05, 4.69) is 5.32 Å². The first kappa shape index (κ1) is 22.1. The van der Waals surface area contributed by atoms with E-state index >= 15 is 0 Å². The number of rotatable bonds is 10. The summed E-state index contributed by atoms with van der Waals surface area (Å²) >= 11 is 9.55. The number of nitrogens with one attached hydrogen (secondary N) is 1. The van der Waals surface area contributed by atoms with Crippen molar-refractivity contribution in [3.63, 3.8) is 0 Å². The molecule has 102 valence electrons. The second kappa shape index (κ2) is 13.8. The van der Waals surface area contributed by atoms with Crippen LogP contribution < -0.4 is 56.7 Å². The molecule has 8 heteroatoms. The minimum absolute atomic E-state index is 0. The van der Waals surface area contributed by atoms with Gasteiger partial charge in [0.05, 0.1) is 0 Å². The maximum absolute atomic E-state index is 5.73. The molecular formula is C10H22KNO3S2Si. The van der Waals surface area contributed by atoms with Crippen molar-refractivity contribution in [3.8, 4) is 0 Å². The quantitative estimate of drug-likeness (QED) is 0.235. The van der Waals surface area contributed by atoms with Crippen LogP contribution in [-0.4, -0.2) is 39.5 Å². The molecule has 0 saturated carbocycles. The SMILES string of the molecule is CCO[Si](CCCNC(=S)[S-])(OCC)OCC.[K+]. The van der Waals surface area contributed by atoms with Crippen LogP contribution in [0.5, 0.6) is 0 Å². The topological polar surface area (TPSA) is 39.7 Å². The second-order valence-electron chi connectivity index (χ2n) is 3.30. The molecule has 0 aliphatic carbocycles. The van der Waals surface area contributed by atoms with Crippen LogP contribution in [0.1, 0.15) is 27.2 Å². The Morgan fingerprint density at radius 2 is 1.56 bits per heavy atom. The van der Waals surface area contributed by atoms with Crippen molar-refractivity contribution in [2.45, 2.75) is 33.2 Å². The van der Waals surface area contributed by atoms with Crippen LogP contribution in [0.25, 0.3) is 0 Å². The molecule has 0 aliphatic heterocycles. The molecule has 0 atom stereocenters. The van der Waals surface area contributed by atoms with Gasteiger partial charge in [-0.25, -0.2) is 0 Å². The van der Waals surface area contributed by atoms with Gasteiger partial charge in [-0.3, -0.25) is 0 Å². The monoisotopic (exact) mass is 335 g/mol. The fourth-order valence-electron chi connectivity index (χ4n) is 1.50. The van der Waals surface area contributed by atoms with E-state index in [0.29, 0.717) is 24.1 Å². The van der Waals surface area contributed by atoms with Crippen LogP contribution in [0.4, 0.5) is 0 Å². The normalized spacial score (nSPS) is 10.8. The molecule has 0 fully saturated rings. The van der Waals surface area contributed by atoms with E-state index in [1.54, 1.807) is 0 Å². The van der Waals surface area contributed by atoms with Crippen LogP contribution in [0.3, 0.4) is 0 Å². The summed E-state index contributed by atoms with van der Waals surface area (Å²) < 4.78 is 17.6. The molecular weight excluding hydrogens is 313 g/mol. The molecule has 0 amide bonds. The Morgan fingerprint density at radius 1 is 1.11 bits per heavy atom. The van der Waals surface area contributed by atoms with Crippen molar-refractivity contribution < 1.29 is 64.7 Å². The van der Waals surface area contributed by atoms with Crippen LogP contribution in [0, 0.1) is 0 Å². The summed E-state index contributed by atoms with van der Waals surface area (Å²) in [6.07, 6.45) is 0.878. The molecule has 0 saturated heterocycles. The first-order valence-corrected chi connectivity index (χ1v) is 8.71. The number of hydrogen-bond donors (Lipinski definition) is 1. The van der Waals surface area contributed by atoms with Gasteiger partial charge in [-0.2, -0.15) is 0 Å². The summed E-state index contributed by atoms with van der Waals surface area (Å²) in [7, 11) is -2.48. The van der Waals surface area contributed by atoms with Gasteiger partial charge in [0.2, 0.25) is 0 Å². The molecule has 0 aliphatic rings. The van der Waals surface area contributed by atoms with E-state index < -0.39 is 8.80 Å². The molecule has 0 heterocycles. The van der Waals surface area contributed by atoms with Gasteiger partial charge in [-0.15, -0.1) is 0 Å².